The number of aryl methyl sites for hydroxylation is 2. The highest BCUT2D eigenvalue weighted by molar-refractivity contribution is 5.89. The lowest BCUT2D eigenvalue weighted by Gasteiger charge is -2.16. The fourth-order valence-corrected chi connectivity index (χ4v) is 1.41. The number of nitrogens with zero attached hydrogens (tertiary/aromatic N) is 1. The standard InChI is InChI=1S/C12H18N2O/c1-5-14(4)12(15)13-11-7-9(2)6-10(3)8-11/h6-8H,5H2,1-4H3,(H,13,15). The summed E-state index contributed by atoms with van der Waals surface area (Å²) in [4.78, 5) is 13.2. The fraction of sp³-hybridized carbons (Fsp3) is 0.417. The quantitative estimate of drug-likeness (QED) is 0.792. The third kappa shape index (κ3) is 3.27. The Morgan fingerprint density at radius 1 is 1.27 bits per heavy atom. The molecule has 82 valence electrons. The number of benzene rings is 1. The topological polar surface area (TPSA) is 32.3 Å². The molecule has 0 unspecified atom stereocenters. The van der Waals surface area contributed by atoms with E-state index < -0.39 is 0 Å². The smallest absolute Gasteiger partial charge is 0.321 e. The molecule has 0 aliphatic rings. The molecule has 0 atom stereocenters. The molecule has 1 aromatic rings. The van der Waals surface area contributed by atoms with Crippen LogP contribution in [-0.2, 0) is 0 Å². The van der Waals surface area contributed by atoms with Gasteiger partial charge in [0.2, 0.25) is 0 Å². The van der Waals surface area contributed by atoms with E-state index in [9.17, 15) is 4.79 Å². The number of amides is 2. The largest absolute Gasteiger partial charge is 0.328 e. The molecule has 1 rings (SSSR count). The first-order valence-electron chi connectivity index (χ1n) is 5.13. The molecule has 0 radical (unpaired) electrons. The second-order valence-corrected chi connectivity index (χ2v) is 3.82. The van der Waals surface area contributed by atoms with Gasteiger partial charge in [-0.05, 0) is 44.0 Å². The zero-order valence-corrected chi connectivity index (χ0v) is 9.79. The molecule has 3 nitrogen and oxygen atoms in total. The first kappa shape index (κ1) is 11.6. The minimum atomic E-state index is -0.0671. The van der Waals surface area contributed by atoms with Gasteiger partial charge in [0, 0.05) is 19.3 Å². The molecular formula is C12H18N2O. The predicted molar refractivity (Wildman–Crippen MR) is 63.2 cm³/mol. The predicted octanol–water partition coefficient (Wildman–Crippen LogP) is 2.79. The van der Waals surface area contributed by atoms with Crippen LogP contribution in [0.15, 0.2) is 18.2 Å². The minimum absolute atomic E-state index is 0.0671. The van der Waals surface area contributed by atoms with Crippen LogP contribution in [0.1, 0.15) is 18.1 Å². The van der Waals surface area contributed by atoms with Crippen LogP contribution >= 0.6 is 0 Å². The van der Waals surface area contributed by atoms with E-state index in [-0.39, 0.29) is 6.03 Å². The van der Waals surface area contributed by atoms with Gasteiger partial charge in [0.1, 0.15) is 0 Å². The highest BCUT2D eigenvalue weighted by atomic mass is 16.2. The Bertz CT molecular complexity index is 340. The second kappa shape index (κ2) is 4.82. The zero-order chi connectivity index (χ0) is 11.4. The van der Waals surface area contributed by atoms with E-state index in [0.29, 0.717) is 6.54 Å². The van der Waals surface area contributed by atoms with E-state index in [1.54, 1.807) is 11.9 Å². The van der Waals surface area contributed by atoms with Crippen LogP contribution in [-0.4, -0.2) is 24.5 Å². The number of rotatable bonds is 2. The van der Waals surface area contributed by atoms with Gasteiger partial charge >= 0.3 is 6.03 Å². The van der Waals surface area contributed by atoms with Crippen molar-refractivity contribution in [2.24, 2.45) is 0 Å². The van der Waals surface area contributed by atoms with Crippen molar-refractivity contribution in [1.29, 1.82) is 0 Å². The number of anilines is 1. The zero-order valence-electron chi connectivity index (χ0n) is 9.79. The maximum absolute atomic E-state index is 11.6. The molecule has 0 saturated carbocycles. The van der Waals surface area contributed by atoms with E-state index >= 15 is 0 Å². The molecule has 1 N–H and O–H groups in total. The maximum atomic E-state index is 11.6. The lowest BCUT2D eigenvalue weighted by molar-refractivity contribution is 0.224. The molecule has 0 aliphatic heterocycles. The summed E-state index contributed by atoms with van der Waals surface area (Å²) in [6, 6.07) is 5.95. The summed E-state index contributed by atoms with van der Waals surface area (Å²) in [6.07, 6.45) is 0. The molecular weight excluding hydrogens is 188 g/mol. The number of hydrogen-bond donors (Lipinski definition) is 1. The second-order valence-electron chi connectivity index (χ2n) is 3.82. The van der Waals surface area contributed by atoms with Crippen molar-refractivity contribution >= 4 is 11.7 Å². The molecule has 0 bridgehead atoms. The lowest BCUT2D eigenvalue weighted by Crippen LogP contribution is -2.30. The first-order valence-corrected chi connectivity index (χ1v) is 5.13. The molecule has 0 saturated heterocycles. The van der Waals surface area contributed by atoms with Crippen molar-refractivity contribution in [3.8, 4) is 0 Å². The molecule has 0 aromatic heterocycles. The Kier molecular flexibility index (Phi) is 3.72. The Labute approximate surface area is 91.1 Å². The normalized spacial score (nSPS) is 9.87. The number of urea groups is 1. The van der Waals surface area contributed by atoms with Crippen LogP contribution in [0.3, 0.4) is 0 Å². The monoisotopic (exact) mass is 206 g/mol. The molecule has 0 heterocycles. The summed E-state index contributed by atoms with van der Waals surface area (Å²) in [5, 5.41) is 2.86. The summed E-state index contributed by atoms with van der Waals surface area (Å²) in [5.41, 5.74) is 3.17. The van der Waals surface area contributed by atoms with Gasteiger partial charge in [-0.15, -0.1) is 0 Å². The van der Waals surface area contributed by atoms with Gasteiger partial charge in [-0.25, -0.2) is 4.79 Å². The Hall–Kier alpha value is -1.51. The van der Waals surface area contributed by atoms with Gasteiger partial charge in [-0.3, -0.25) is 0 Å². The fourth-order valence-electron chi connectivity index (χ4n) is 1.41. The SMILES string of the molecule is CCN(C)C(=O)Nc1cc(C)cc(C)c1. The van der Waals surface area contributed by atoms with Crippen molar-refractivity contribution in [3.05, 3.63) is 29.3 Å². The third-order valence-corrected chi connectivity index (χ3v) is 2.29. The first-order chi connectivity index (χ1) is 7.02. The van der Waals surface area contributed by atoms with Gasteiger partial charge in [0.25, 0.3) is 0 Å². The van der Waals surface area contributed by atoms with E-state index in [1.165, 1.54) is 0 Å². The molecule has 0 fully saturated rings. The van der Waals surface area contributed by atoms with Gasteiger partial charge in [-0.1, -0.05) is 6.07 Å². The van der Waals surface area contributed by atoms with E-state index in [2.05, 4.69) is 11.4 Å². The molecule has 1 aromatic carbocycles. The van der Waals surface area contributed by atoms with Gasteiger partial charge in [0.15, 0.2) is 0 Å². The molecule has 3 heteroatoms. The van der Waals surface area contributed by atoms with Crippen LogP contribution < -0.4 is 5.32 Å². The van der Waals surface area contributed by atoms with Crippen molar-refractivity contribution in [2.45, 2.75) is 20.8 Å². The number of carbonyl (C=O) groups excluding carboxylic acids is 1. The maximum Gasteiger partial charge on any atom is 0.321 e. The summed E-state index contributed by atoms with van der Waals surface area (Å²) >= 11 is 0. The average Bonchev–Trinajstić information content (AvgIpc) is 2.14. The van der Waals surface area contributed by atoms with Crippen LogP contribution in [0, 0.1) is 13.8 Å². The van der Waals surface area contributed by atoms with Gasteiger partial charge in [-0.2, -0.15) is 0 Å². The minimum Gasteiger partial charge on any atom is -0.328 e. The van der Waals surface area contributed by atoms with E-state index in [1.807, 2.05) is 32.9 Å². The number of nitrogens with one attached hydrogen (secondary N) is 1. The van der Waals surface area contributed by atoms with Crippen LogP contribution in [0.5, 0.6) is 0 Å². The average molecular weight is 206 g/mol. The lowest BCUT2D eigenvalue weighted by atomic mass is 10.1. The Balaban J connectivity index is 2.76. The summed E-state index contributed by atoms with van der Waals surface area (Å²) < 4.78 is 0. The summed E-state index contributed by atoms with van der Waals surface area (Å²) in [6.45, 7) is 6.69. The highest BCUT2D eigenvalue weighted by Crippen LogP contribution is 2.13. The van der Waals surface area contributed by atoms with Gasteiger partial charge in [0.05, 0.1) is 0 Å². The van der Waals surface area contributed by atoms with Crippen molar-refractivity contribution in [3.63, 3.8) is 0 Å². The molecule has 15 heavy (non-hydrogen) atoms. The molecule has 0 aliphatic carbocycles. The summed E-state index contributed by atoms with van der Waals surface area (Å²) in [5.74, 6) is 0. The summed E-state index contributed by atoms with van der Waals surface area (Å²) in [7, 11) is 1.78. The van der Waals surface area contributed by atoms with Crippen LogP contribution in [0.4, 0.5) is 10.5 Å². The highest BCUT2D eigenvalue weighted by Gasteiger charge is 2.06. The van der Waals surface area contributed by atoms with Crippen molar-refractivity contribution in [2.75, 3.05) is 18.9 Å². The van der Waals surface area contributed by atoms with Crippen molar-refractivity contribution in [1.82, 2.24) is 4.90 Å². The van der Waals surface area contributed by atoms with Crippen LogP contribution in [0.25, 0.3) is 0 Å². The Morgan fingerprint density at radius 2 is 1.80 bits per heavy atom. The number of hydrogen-bond acceptors (Lipinski definition) is 1. The Morgan fingerprint density at radius 3 is 2.27 bits per heavy atom. The van der Waals surface area contributed by atoms with E-state index in [4.69, 9.17) is 0 Å². The van der Waals surface area contributed by atoms with Crippen LogP contribution in [0.2, 0.25) is 0 Å². The number of carbonyl (C=O) groups is 1. The molecule has 0 spiro atoms. The third-order valence-electron chi connectivity index (χ3n) is 2.29. The molecule has 2 amide bonds. The van der Waals surface area contributed by atoms with Crippen molar-refractivity contribution < 1.29 is 4.79 Å². The van der Waals surface area contributed by atoms with E-state index in [0.717, 1.165) is 16.8 Å². The van der Waals surface area contributed by atoms with Gasteiger partial charge < -0.3 is 10.2 Å².